The van der Waals surface area contributed by atoms with Gasteiger partial charge in [0, 0.05) is 31.0 Å². The highest BCUT2D eigenvalue weighted by atomic mass is 15.1. The van der Waals surface area contributed by atoms with Gasteiger partial charge in [0.1, 0.15) is 0 Å². The molecule has 0 spiro atoms. The van der Waals surface area contributed by atoms with E-state index in [1.165, 1.54) is 37.1 Å². The lowest BCUT2D eigenvalue weighted by molar-refractivity contribution is 0.211. The number of nitrogens with zero attached hydrogens (tertiary/aromatic N) is 2. The molecule has 0 aromatic carbocycles. The highest BCUT2D eigenvalue weighted by Crippen LogP contribution is 2.13. The average Bonchev–Trinajstić information content (AvgIpc) is 2.33. The monoisotopic (exact) mass is 247 g/mol. The number of hydrogen-bond acceptors (Lipinski definition) is 3. The molecule has 18 heavy (non-hydrogen) atoms. The molecule has 1 aliphatic rings. The molecule has 100 valence electrons. The van der Waals surface area contributed by atoms with Gasteiger partial charge in [0.25, 0.3) is 0 Å². The fourth-order valence-electron chi connectivity index (χ4n) is 2.60. The first kappa shape index (κ1) is 13.5. The van der Waals surface area contributed by atoms with Gasteiger partial charge in [-0.05, 0) is 63.9 Å². The van der Waals surface area contributed by atoms with Gasteiger partial charge in [-0.25, -0.2) is 0 Å². The highest BCUT2D eigenvalue weighted by Gasteiger charge is 2.16. The zero-order valence-electron chi connectivity index (χ0n) is 11.8. The van der Waals surface area contributed by atoms with Crippen molar-refractivity contribution < 1.29 is 0 Å². The fraction of sp³-hybridized carbons (Fsp3) is 0.667. The lowest BCUT2D eigenvalue weighted by atomic mass is 10.1. The minimum atomic E-state index is 0.626. The summed E-state index contributed by atoms with van der Waals surface area (Å²) in [5.41, 5.74) is 2.72. The van der Waals surface area contributed by atoms with Crippen molar-refractivity contribution in [1.82, 2.24) is 15.2 Å². The van der Waals surface area contributed by atoms with Crippen LogP contribution < -0.4 is 5.32 Å². The number of rotatable bonds is 2. The van der Waals surface area contributed by atoms with Gasteiger partial charge < -0.3 is 5.32 Å². The van der Waals surface area contributed by atoms with Crippen molar-refractivity contribution >= 4 is 0 Å². The Labute approximate surface area is 111 Å². The lowest BCUT2D eigenvalue weighted by Gasteiger charge is -2.31. The molecule has 2 atom stereocenters. The van der Waals surface area contributed by atoms with E-state index in [0.29, 0.717) is 12.1 Å². The number of pyridine rings is 1. The normalized spacial score (nSPS) is 26.6. The lowest BCUT2D eigenvalue weighted by Crippen LogP contribution is -2.42. The van der Waals surface area contributed by atoms with Crippen LogP contribution in [0.25, 0.3) is 0 Å². The Morgan fingerprint density at radius 3 is 2.56 bits per heavy atom. The molecule has 2 unspecified atom stereocenters. The van der Waals surface area contributed by atoms with Gasteiger partial charge in [-0.1, -0.05) is 0 Å². The smallest absolute Gasteiger partial charge is 0.0300 e. The van der Waals surface area contributed by atoms with Crippen LogP contribution in [0.1, 0.15) is 37.8 Å². The number of nitrogens with one attached hydrogen (secondary N) is 1. The van der Waals surface area contributed by atoms with Crippen molar-refractivity contribution in [2.24, 2.45) is 0 Å². The van der Waals surface area contributed by atoms with Crippen LogP contribution in [0.3, 0.4) is 0 Å². The Bertz CT molecular complexity index is 366. The van der Waals surface area contributed by atoms with Crippen LogP contribution in [-0.2, 0) is 6.54 Å². The predicted octanol–water partition coefficient (Wildman–Crippen LogP) is 2.35. The maximum atomic E-state index is 4.17. The van der Waals surface area contributed by atoms with Crippen molar-refractivity contribution in [2.75, 3.05) is 13.1 Å². The standard InChI is InChI=1S/C15H25N3/c1-12-10-16-7-4-15(12)11-18-8-5-13(2)17-14(3)6-9-18/h4,7,10,13-14,17H,5-6,8-9,11H2,1-3H3. The quantitative estimate of drug-likeness (QED) is 0.869. The second-order valence-electron chi connectivity index (χ2n) is 5.62. The SMILES string of the molecule is Cc1cnccc1CN1CCC(C)NC(C)CC1. The molecule has 1 aromatic rings. The summed E-state index contributed by atoms with van der Waals surface area (Å²) >= 11 is 0. The summed E-state index contributed by atoms with van der Waals surface area (Å²) in [7, 11) is 0. The molecule has 1 fully saturated rings. The first-order valence-electron chi connectivity index (χ1n) is 7.03. The third-order valence-electron chi connectivity index (χ3n) is 3.86. The van der Waals surface area contributed by atoms with Crippen molar-refractivity contribution in [3.05, 3.63) is 29.6 Å². The summed E-state index contributed by atoms with van der Waals surface area (Å²) in [5.74, 6) is 0. The molecule has 0 bridgehead atoms. The maximum absolute atomic E-state index is 4.17. The van der Waals surface area contributed by atoms with Crippen LogP contribution in [0.2, 0.25) is 0 Å². The minimum Gasteiger partial charge on any atom is -0.312 e. The van der Waals surface area contributed by atoms with E-state index in [9.17, 15) is 0 Å². The molecule has 1 saturated heterocycles. The van der Waals surface area contributed by atoms with Gasteiger partial charge in [0.05, 0.1) is 0 Å². The molecule has 1 aliphatic heterocycles. The Hall–Kier alpha value is -0.930. The Balaban J connectivity index is 1.97. The van der Waals surface area contributed by atoms with E-state index in [1.54, 1.807) is 0 Å². The van der Waals surface area contributed by atoms with E-state index in [4.69, 9.17) is 0 Å². The molecular weight excluding hydrogens is 222 g/mol. The Morgan fingerprint density at radius 1 is 1.28 bits per heavy atom. The van der Waals surface area contributed by atoms with Crippen LogP contribution in [0.4, 0.5) is 0 Å². The molecule has 1 aromatic heterocycles. The summed E-state index contributed by atoms with van der Waals surface area (Å²) < 4.78 is 0. The molecular formula is C15H25N3. The summed E-state index contributed by atoms with van der Waals surface area (Å²) in [4.78, 5) is 6.75. The van der Waals surface area contributed by atoms with E-state index >= 15 is 0 Å². The zero-order chi connectivity index (χ0) is 13.0. The second kappa shape index (κ2) is 6.30. The summed E-state index contributed by atoms with van der Waals surface area (Å²) in [6.07, 6.45) is 6.33. The summed E-state index contributed by atoms with van der Waals surface area (Å²) in [6, 6.07) is 3.40. The van der Waals surface area contributed by atoms with Crippen molar-refractivity contribution in [3.8, 4) is 0 Å². The predicted molar refractivity (Wildman–Crippen MR) is 75.5 cm³/mol. The van der Waals surface area contributed by atoms with Crippen LogP contribution in [0, 0.1) is 6.92 Å². The molecule has 3 heteroatoms. The van der Waals surface area contributed by atoms with Crippen molar-refractivity contribution in [2.45, 2.75) is 52.2 Å². The molecule has 2 heterocycles. The van der Waals surface area contributed by atoms with Crippen LogP contribution in [0.15, 0.2) is 18.5 Å². The van der Waals surface area contributed by atoms with Gasteiger partial charge in [-0.15, -0.1) is 0 Å². The van der Waals surface area contributed by atoms with Crippen LogP contribution in [-0.4, -0.2) is 35.1 Å². The maximum Gasteiger partial charge on any atom is 0.0300 e. The molecule has 0 saturated carbocycles. The molecule has 2 rings (SSSR count). The average molecular weight is 247 g/mol. The van der Waals surface area contributed by atoms with E-state index in [1.807, 2.05) is 12.4 Å². The summed E-state index contributed by atoms with van der Waals surface area (Å²) in [5, 5.41) is 3.64. The topological polar surface area (TPSA) is 28.2 Å². The van der Waals surface area contributed by atoms with Gasteiger partial charge in [0.2, 0.25) is 0 Å². The molecule has 1 N–H and O–H groups in total. The number of aryl methyl sites for hydroxylation is 1. The third kappa shape index (κ3) is 3.79. The van der Waals surface area contributed by atoms with Crippen molar-refractivity contribution in [3.63, 3.8) is 0 Å². The first-order chi connectivity index (χ1) is 8.65. The first-order valence-corrected chi connectivity index (χ1v) is 7.03. The molecule has 3 nitrogen and oxygen atoms in total. The molecule has 0 aliphatic carbocycles. The zero-order valence-corrected chi connectivity index (χ0v) is 11.8. The molecule has 0 amide bonds. The van der Waals surface area contributed by atoms with Crippen LogP contribution in [0.5, 0.6) is 0 Å². The van der Waals surface area contributed by atoms with E-state index in [-0.39, 0.29) is 0 Å². The second-order valence-corrected chi connectivity index (χ2v) is 5.62. The minimum absolute atomic E-state index is 0.626. The fourth-order valence-corrected chi connectivity index (χ4v) is 2.60. The number of aromatic nitrogens is 1. The molecule has 0 radical (unpaired) electrons. The van der Waals surface area contributed by atoms with E-state index < -0.39 is 0 Å². The van der Waals surface area contributed by atoms with E-state index in [0.717, 1.165) is 6.54 Å². The van der Waals surface area contributed by atoms with Gasteiger partial charge in [-0.3, -0.25) is 9.88 Å². The van der Waals surface area contributed by atoms with E-state index in [2.05, 4.69) is 42.0 Å². The van der Waals surface area contributed by atoms with Gasteiger partial charge in [0.15, 0.2) is 0 Å². The third-order valence-corrected chi connectivity index (χ3v) is 3.86. The van der Waals surface area contributed by atoms with Gasteiger partial charge in [-0.2, -0.15) is 0 Å². The Kier molecular flexibility index (Phi) is 4.72. The highest BCUT2D eigenvalue weighted by molar-refractivity contribution is 5.21. The van der Waals surface area contributed by atoms with Crippen LogP contribution >= 0.6 is 0 Å². The largest absolute Gasteiger partial charge is 0.312 e. The summed E-state index contributed by atoms with van der Waals surface area (Å²) in [6.45, 7) is 10.2. The van der Waals surface area contributed by atoms with Gasteiger partial charge >= 0.3 is 0 Å². The van der Waals surface area contributed by atoms with Crippen molar-refractivity contribution in [1.29, 1.82) is 0 Å². The number of hydrogen-bond donors (Lipinski definition) is 1. The Morgan fingerprint density at radius 2 is 1.94 bits per heavy atom.